The van der Waals surface area contributed by atoms with Crippen LogP contribution in [0, 0.1) is 5.41 Å². The number of nitrogens with one attached hydrogen (secondary N) is 1. The molecule has 0 fully saturated rings. The monoisotopic (exact) mass is 298 g/mol. The van der Waals surface area contributed by atoms with Gasteiger partial charge < -0.3 is 15.5 Å². The molecule has 3 N–H and O–H groups in total. The van der Waals surface area contributed by atoms with Gasteiger partial charge in [-0.2, -0.15) is 0 Å². The number of rotatable bonds is 9. The molecule has 1 aromatic heterocycles. The topological polar surface area (TPSA) is 100 Å². The number of aryl methyl sites for hydroxylation is 1. The highest BCUT2D eigenvalue weighted by Gasteiger charge is 2.32. The SMILES string of the molecule is CCCCCn1nncc1CNC(=O)[C@H](O)C(C)(C)CO. The van der Waals surface area contributed by atoms with E-state index in [-0.39, 0.29) is 13.2 Å². The minimum absolute atomic E-state index is 0.260. The highest BCUT2D eigenvalue weighted by Crippen LogP contribution is 2.19. The van der Waals surface area contributed by atoms with Crippen molar-refractivity contribution >= 4 is 5.91 Å². The van der Waals surface area contributed by atoms with Crippen LogP contribution in [-0.2, 0) is 17.9 Å². The van der Waals surface area contributed by atoms with Crippen molar-refractivity contribution < 1.29 is 15.0 Å². The molecule has 0 saturated heterocycles. The maximum atomic E-state index is 11.9. The van der Waals surface area contributed by atoms with Crippen molar-refractivity contribution in [1.29, 1.82) is 0 Å². The Kier molecular flexibility index (Phi) is 6.77. The van der Waals surface area contributed by atoms with Gasteiger partial charge in [0.15, 0.2) is 0 Å². The second-order valence-electron chi connectivity index (χ2n) is 5.92. The first kappa shape index (κ1) is 17.6. The zero-order valence-corrected chi connectivity index (χ0v) is 13.0. The summed E-state index contributed by atoms with van der Waals surface area (Å²) in [5, 5.41) is 29.6. The Morgan fingerprint density at radius 1 is 1.48 bits per heavy atom. The van der Waals surface area contributed by atoms with Crippen LogP contribution in [0.3, 0.4) is 0 Å². The van der Waals surface area contributed by atoms with Crippen LogP contribution in [0.25, 0.3) is 0 Å². The molecular weight excluding hydrogens is 272 g/mol. The van der Waals surface area contributed by atoms with Gasteiger partial charge in [-0.25, -0.2) is 4.68 Å². The molecule has 1 heterocycles. The van der Waals surface area contributed by atoms with E-state index in [0.29, 0.717) is 0 Å². The van der Waals surface area contributed by atoms with Crippen molar-refractivity contribution in [2.75, 3.05) is 6.61 Å². The molecule has 0 aromatic carbocycles. The normalized spacial score (nSPS) is 13.2. The van der Waals surface area contributed by atoms with Crippen LogP contribution < -0.4 is 5.32 Å². The lowest BCUT2D eigenvalue weighted by atomic mass is 9.87. The number of amides is 1. The van der Waals surface area contributed by atoms with E-state index in [9.17, 15) is 9.90 Å². The van der Waals surface area contributed by atoms with Crippen molar-refractivity contribution in [2.45, 2.75) is 59.2 Å². The lowest BCUT2D eigenvalue weighted by Gasteiger charge is -2.27. The van der Waals surface area contributed by atoms with Gasteiger partial charge >= 0.3 is 0 Å². The molecule has 21 heavy (non-hydrogen) atoms. The summed E-state index contributed by atoms with van der Waals surface area (Å²) in [5.74, 6) is -0.504. The summed E-state index contributed by atoms with van der Waals surface area (Å²) in [6, 6.07) is 0. The molecular formula is C14H26N4O3. The average molecular weight is 298 g/mol. The minimum Gasteiger partial charge on any atom is -0.396 e. The predicted octanol–water partition coefficient (Wildman–Crippen LogP) is 0.464. The Balaban J connectivity index is 2.52. The fourth-order valence-electron chi connectivity index (χ4n) is 1.83. The number of aliphatic hydroxyl groups excluding tert-OH is 2. The van der Waals surface area contributed by atoms with E-state index in [1.54, 1.807) is 24.7 Å². The fourth-order valence-corrected chi connectivity index (χ4v) is 1.83. The molecule has 0 aliphatic rings. The van der Waals surface area contributed by atoms with Crippen LogP contribution in [-0.4, -0.2) is 43.8 Å². The quantitative estimate of drug-likeness (QED) is 0.575. The minimum atomic E-state index is -1.26. The summed E-state index contributed by atoms with van der Waals surface area (Å²) in [6.45, 7) is 6.16. The van der Waals surface area contributed by atoms with E-state index < -0.39 is 17.4 Å². The third-order valence-electron chi connectivity index (χ3n) is 3.51. The lowest BCUT2D eigenvalue weighted by Crippen LogP contribution is -2.45. The largest absolute Gasteiger partial charge is 0.396 e. The summed E-state index contributed by atoms with van der Waals surface area (Å²) in [7, 11) is 0. The Labute approximate surface area is 125 Å². The Bertz CT molecular complexity index is 445. The van der Waals surface area contributed by atoms with Gasteiger partial charge in [0.1, 0.15) is 6.10 Å². The van der Waals surface area contributed by atoms with Crippen molar-refractivity contribution in [2.24, 2.45) is 5.41 Å². The standard InChI is InChI=1S/C14H26N4O3/c1-4-5-6-7-18-11(9-16-17-18)8-15-13(21)12(20)14(2,3)10-19/h9,12,19-20H,4-8,10H2,1-3H3,(H,15,21)/t12-/m0/s1. The molecule has 1 aromatic rings. The molecule has 1 rings (SSSR count). The van der Waals surface area contributed by atoms with Crippen LogP contribution in [0.15, 0.2) is 6.20 Å². The van der Waals surface area contributed by atoms with Crippen LogP contribution in [0.4, 0.5) is 0 Å². The van der Waals surface area contributed by atoms with E-state index in [2.05, 4.69) is 22.6 Å². The molecule has 7 heteroatoms. The van der Waals surface area contributed by atoms with Crippen LogP contribution >= 0.6 is 0 Å². The number of hydrogen-bond donors (Lipinski definition) is 3. The Morgan fingerprint density at radius 3 is 2.81 bits per heavy atom. The number of carbonyl (C=O) groups is 1. The second-order valence-corrected chi connectivity index (χ2v) is 5.92. The van der Waals surface area contributed by atoms with Gasteiger partial charge in [0.05, 0.1) is 25.0 Å². The molecule has 0 radical (unpaired) electrons. The van der Waals surface area contributed by atoms with Gasteiger partial charge in [0.2, 0.25) is 5.91 Å². The first-order valence-corrected chi connectivity index (χ1v) is 7.36. The first-order chi connectivity index (χ1) is 9.92. The van der Waals surface area contributed by atoms with E-state index in [1.807, 2.05) is 0 Å². The summed E-state index contributed by atoms with van der Waals surface area (Å²) in [4.78, 5) is 11.9. The van der Waals surface area contributed by atoms with Crippen molar-refractivity contribution in [3.63, 3.8) is 0 Å². The molecule has 0 aliphatic heterocycles. The highest BCUT2D eigenvalue weighted by molar-refractivity contribution is 5.81. The van der Waals surface area contributed by atoms with Crippen LogP contribution in [0.2, 0.25) is 0 Å². The lowest BCUT2D eigenvalue weighted by molar-refractivity contribution is -0.137. The zero-order valence-electron chi connectivity index (χ0n) is 13.0. The third-order valence-corrected chi connectivity index (χ3v) is 3.51. The summed E-state index contributed by atoms with van der Waals surface area (Å²) >= 11 is 0. The van der Waals surface area contributed by atoms with E-state index in [1.165, 1.54) is 0 Å². The smallest absolute Gasteiger partial charge is 0.249 e. The molecule has 1 amide bonds. The average Bonchev–Trinajstić information content (AvgIpc) is 2.91. The van der Waals surface area contributed by atoms with Crippen LogP contribution in [0.5, 0.6) is 0 Å². The summed E-state index contributed by atoms with van der Waals surface area (Å²) in [6.07, 6.45) is 3.61. The zero-order chi connectivity index (χ0) is 15.9. The number of carbonyl (C=O) groups excluding carboxylic acids is 1. The molecule has 0 unspecified atom stereocenters. The molecule has 0 spiro atoms. The molecule has 120 valence electrons. The Hall–Kier alpha value is -1.47. The van der Waals surface area contributed by atoms with Gasteiger partial charge in [-0.15, -0.1) is 5.10 Å². The van der Waals surface area contributed by atoms with E-state index in [4.69, 9.17) is 5.11 Å². The number of nitrogens with zero attached hydrogens (tertiary/aromatic N) is 3. The van der Waals surface area contributed by atoms with Gasteiger partial charge in [-0.05, 0) is 6.42 Å². The third kappa shape index (κ3) is 5.09. The highest BCUT2D eigenvalue weighted by atomic mass is 16.3. The maximum absolute atomic E-state index is 11.9. The second kappa shape index (κ2) is 8.09. The molecule has 0 saturated carbocycles. The molecule has 7 nitrogen and oxygen atoms in total. The molecule has 1 atom stereocenters. The fraction of sp³-hybridized carbons (Fsp3) is 0.786. The van der Waals surface area contributed by atoms with Crippen LogP contribution in [0.1, 0.15) is 45.7 Å². The van der Waals surface area contributed by atoms with Gasteiger partial charge in [0, 0.05) is 12.0 Å². The molecule has 0 bridgehead atoms. The maximum Gasteiger partial charge on any atom is 0.249 e. The number of unbranched alkanes of at least 4 members (excludes halogenated alkanes) is 2. The number of aliphatic hydroxyl groups is 2. The Morgan fingerprint density at radius 2 is 2.19 bits per heavy atom. The number of hydrogen-bond acceptors (Lipinski definition) is 5. The van der Waals surface area contributed by atoms with Gasteiger partial charge in [-0.3, -0.25) is 4.79 Å². The predicted molar refractivity (Wildman–Crippen MR) is 78.3 cm³/mol. The first-order valence-electron chi connectivity index (χ1n) is 7.36. The summed E-state index contributed by atoms with van der Waals surface area (Å²) < 4.78 is 1.76. The van der Waals surface area contributed by atoms with E-state index in [0.717, 1.165) is 31.5 Å². The van der Waals surface area contributed by atoms with E-state index >= 15 is 0 Å². The summed E-state index contributed by atoms with van der Waals surface area (Å²) in [5.41, 5.74) is -0.0718. The number of aromatic nitrogens is 3. The van der Waals surface area contributed by atoms with Crippen molar-refractivity contribution in [3.8, 4) is 0 Å². The van der Waals surface area contributed by atoms with Gasteiger partial charge in [-0.1, -0.05) is 38.8 Å². The van der Waals surface area contributed by atoms with Crippen molar-refractivity contribution in [1.82, 2.24) is 20.3 Å². The van der Waals surface area contributed by atoms with Crippen molar-refractivity contribution in [3.05, 3.63) is 11.9 Å². The van der Waals surface area contributed by atoms with Gasteiger partial charge in [0.25, 0.3) is 0 Å². The molecule has 0 aliphatic carbocycles.